The van der Waals surface area contributed by atoms with E-state index >= 15 is 0 Å². The van der Waals surface area contributed by atoms with Crippen LogP contribution in [0.5, 0.6) is 0 Å². The van der Waals surface area contributed by atoms with Crippen molar-refractivity contribution < 1.29 is 0 Å². The molecule has 216 valence electrons. The summed E-state index contributed by atoms with van der Waals surface area (Å²) in [4.78, 5) is 0. The molecule has 0 saturated heterocycles. The fourth-order valence-corrected chi connectivity index (χ4v) is 3.41. The molecule has 0 heterocycles. The third-order valence-corrected chi connectivity index (χ3v) is 5.93. The summed E-state index contributed by atoms with van der Waals surface area (Å²) >= 11 is 0. The maximum atomic E-state index is 2.30. The molecule has 0 bridgehead atoms. The minimum Gasteiger partial charge on any atom is -0.0856 e. The van der Waals surface area contributed by atoms with Crippen LogP contribution in [-0.4, -0.2) is 0 Å². The Kier molecular flexibility index (Phi) is 21.5. The number of rotatable bonds is 16. The monoisotopic (exact) mass is 536 g/mol. The van der Waals surface area contributed by atoms with E-state index in [0.717, 1.165) is 25.7 Å². The molecule has 40 heavy (non-hydrogen) atoms. The predicted molar refractivity (Wildman–Crippen MR) is 186 cm³/mol. The van der Waals surface area contributed by atoms with Crippen LogP contribution in [0.4, 0.5) is 0 Å². The highest BCUT2D eigenvalue weighted by atomic mass is 13.9. The van der Waals surface area contributed by atoms with Gasteiger partial charge in [-0.2, -0.15) is 0 Å². The molecule has 0 saturated carbocycles. The smallest absolute Gasteiger partial charge is 0.0285 e. The van der Waals surface area contributed by atoms with E-state index in [1.54, 1.807) is 0 Å². The first-order valence-corrected chi connectivity index (χ1v) is 14.7. The second-order valence-corrected chi connectivity index (χ2v) is 11.1. The van der Waals surface area contributed by atoms with E-state index < -0.39 is 0 Å². The largest absolute Gasteiger partial charge is 0.0856 e. The molecular formula is C40H56. The summed E-state index contributed by atoms with van der Waals surface area (Å²) in [5.74, 6) is 0. The van der Waals surface area contributed by atoms with Crippen molar-refractivity contribution >= 4 is 0 Å². The lowest BCUT2D eigenvalue weighted by atomic mass is 10.1. The van der Waals surface area contributed by atoms with E-state index in [1.807, 2.05) is 0 Å². The van der Waals surface area contributed by atoms with Crippen LogP contribution in [-0.2, 0) is 0 Å². The third kappa shape index (κ3) is 24.9. The van der Waals surface area contributed by atoms with Gasteiger partial charge in [-0.15, -0.1) is 0 Å². The Hall–Kier alpha value is -3.38. The van der Waals surface area contributed by atoms with Gasteiger partial charge in [0.2, 0.25) is 0 Å². The average molecular weight is 537 g/mol. The van der Waals surface area contributed by atoms with Crippen molar-refractivity contribution in [1.29, 1.82) is 0 Å². The first kappa shape index (κ1) is 36.6. The zero-order valence-electron chi connectivity index (χ0n) is 27.2. The van der Waals surface area contributed by atoms with E-state index in [1.165, 1.54) is 44.6 Å². The summed E-state index contributed by atoms with van der Waals surface area (Å²) in [6, 6.07) is 0. The van der Waals surface area contributed by atoms with Crippen LogP contribution in [0.25, 0.3) is 0 Å². The number of hydrogen-bond donors (Lipinski definition) is 0. The van der Waals surface area contributed by atoms with Crippen LogP contribution < -0.4 is 0 Å². The number of hydrogen-bond acceptors (Lipinski definition) is 0. The van der Waals surface area contributed by atoms with Gasteiger partial charge in [0, 0.05) is 0 Å². The minimum atomic E-state index is 1.12. The molecule has 0 atom stereocenters. The van der Waals surface area contributed by atoms with Gasteiger partial charge in [0.05, 0.1) is 0 Å². The SMILES string of the molecule is CC(C)=CCC/C(C)=C/C=C/C(C)=CC=CC(C)=CC=CC=C(C)C=CC=C(C)/C=C/C=C(\C)CCC=C(C)C. The van der Waals surface area contributed by atoms with Crippen molar-refractivity contribution in [3.8, 4) is 0 Å². The van der Waals surface area contributed by atoms with Gasteiger partial charge in [-0.25, -0.2) is 0 Å². The van der Waals surface area contributed by atoms with Crippen LogP contribution in [0.15, 0.2) is 154 Å². The summed E-state index contributed by atoms with van der Waals surface area (Å²) in [6.45, 7) is 21.5. The maximum Gasteiger partial charge on any atom is -0.0285 e. The van der Waals surface area contributed by atoms with E-state index in [-0.39, 0.29) is 0 Å². The van der Waals surface area contributed by atoms with Crippen molar-refractivity contribution in [3.63, 3.8) is 0 Å². The molecule has 0 rings (SSSR count). The summed E-state index contributed by atoms with van der Waals surface area (Å²) < 4.78 is 0. The lowest BCUT2D eigenvalue weighted by Gasteiger charge is -1.96. The highest BCUT2D eigenvalue weighted by Gasteiger charge is 1.88. The van der Waals surface area contributed by atoms with Crippen molar-refractivity contribution in [2.75, 3.05) is 0 Å². The Morgan fingerprint density at radius 2 is 0.625 bits per heavy atom. The van der Waals surface area contributed by atoms with E-state index in [9.17, 15) is 0 Å². The predicted octanol–water partition coefficient (Wildman–Crippen LogP) is 12.9. The maximum absolute atomic E-state index is 2.30. The van der Waals surface area contributed by atoms with E-state index in [2.05, 4.69) is 179 Å². The second kappa shape index (κ2) is 23.5. The van der Waals surface area contributed by atoms with Crippen molar-refractivity contribution in [3.05, 3.63) is 154 Å². The molecule has 0 radical (unpaired) electrons. The summed E-state index contributed by atoms with van der Waals surface area (Å²) in [5.41, 5.74) is 10.5. The van der Waals surface area contributed by atoms with Crippen LogP contribution in [0, 0.1) is 0 Å². The Morgan fingerprint density at radius 3 is 0.925 bits per heavy atom. The van der Waals surface area contributed by atoms with Crippen LogP contribution in [0.2, 0.25) is 0 Å². The lowest BCUT2D eigenvalue weighted by Crippen LogP contribution is -1.76. The van der Waals surface area contributed by atoms with Crippen LogP contribution in [0.1, 0.15) is 94.9 Å². The zero-order chi connectivity index (χ0) is 30.2. The van der Waals surface area contributed by atoms with E-state index in [4.69, 9.17) is 0 Å². The molecule has 0 fully saturated rings. The van der Waals surface area contributed by atoms with Crippen molar-refractivity contribution in [1.82, 2.24) is 0 Å². The van der Waals surface area contributed by atoms with Gasteiger partial charge in [0.25, 0.3) is 0 Å². The topological polar surface area (TPSA) is 0 Å². The Labute approximate surface area is 248 Å². The van der Waals surface area contributed by atoms with Gasteiger partial charge in [0.1, 0.15) is 0 Å². The first-order valence-electron chi connectivity index (χ1n) is 14.7. The van der Waals surface area contributed by atoms with Crippen LogP contribution >= 0.6 is 0 Å². The molecule has 0 aliphatic heterocycles. The summed E-state index contributed by atoms with van der Waals surface area (Å²) in [6.07, 6.45) is 43.3. The first-order chi connectivity index (χ1) is 19.0. The van der Waals surface area contributed by atoms with Gasteiger partial charge in [-0.3, -0.25) is 0 Å². The quantitative estimate of drug-likeness (QED) is 0.136. The van der Waals surface area contributed by atoms with Gasteiger partial charge >= 0.3 is 0 Å². The standard InChI is InChI=1S/C40H56/c1-33(2)19-13-23-37(7)27-17-31-39(9)29-15-25-35(5)21-11-12-22-36(6)26-16-30-40(10)32-18-28-38(8)24-14-20-34(3)4/h11-12,15-22,25-32H,13-14,23-24H2,1-10H3/b12-11?,25-15?,26-16?,31-17+,32-18+,35-21?,36-22?,37-27+,38-28+,39-29?,40-30?. The Bertz CT molecular complexity index is 1050. The molecule has 0 heteroatoms. The van der Waals surface area contributed by atoms with Gasteiger partial charge in [-0.1, -0.05) is 154 Å². The Balaban J connectivity index is 4.70. The molecule has 0 aliphatic carbocycles. The molecule has 0 amide bonds. The molecular weight excluding hydrogens is 480 g/mol. The molecule has 0 aromatic carbocycles. The summed E-state index contributed by atoms with van der Waals surface area (Å²) in [5, 5.41) is 0. The van der Waals surface area contributed by atoms with Gasteiger partial charge in [-0.05, 0) is 94.9 Å². The molecule has 0 spiro atoms. The molecule has 0 N–H and O–H groups in total. The third-order valence-electron chi connectivity index (χ3n) is 5.93. The molecule has 0 aliphatic rings. The van der Waals surface area contributed by atoms with Crippen molar-refractivity contribution in [2.45, 2.75) is 94.9 Å². The fraction of sp³-hybridized carbons (Fsp3) is 0.350. The van der Waals surface area contributed by atoms with Crippen molar-refractivity contribution in [2.24, 2.45) is 0 Å². The normalized spacial score (nSPS) is 15.1. The molecule has 0 aromatic rings. The van der Waals surface area contributed by atoms with E-state index in [0.29, 0.717) is 0 Å². The molecule has 0 unspecified atom stereocenters. The van der Waals surface area contributed by atoms with Crippen LogP contribution in [0.3, 0.4) is 0 Å². The lowest BCUT2D eigenvalue weighted by molar-refractivity contribution is 0.967. The number of allylic oxidation sites excluding steroid dienone is 26. The highest BCUT2D eigenvalue weighted by molar-refractivity contribution is 5.32. The zero-order valence-corrected chi connectivity index (χ0v) is 27.2. The molecule has 0 aromatic heterocycles. The summed E-state index contributed by atoms with van der Waals surface area (Å²) in [7, 11) is 0. The fourth-order valence-electron chi connectivity index (χ4n) is 3.41. The Morgan fingerprint density at radius 1 is 0.350 bits per heavy atom. The highest BCUT2D eigenvalue weighted by Crippen LogP contribution is 2.09. The average Bonchev–Trinajstić information content (AvgIpc) is 2.86. The second-order valence-electron chi connectivity index (χ2n) is 11.1. The van der Waals surface area contributed by atoms with Gasteiger partial charge in [0.15, 0.2) is 0 Å². The molecule has 0 nitrogen and oxygen atoms in total. The van der Waals surface area contributed by atoms with Gasteiger partial charge < -0.3 is 0 Å². The minimum absolute atomic E-state index is 1.12.